The Morgan fingerprint density at radius 2 is 2.27 bits per heavy atom. The second-order valence-corrected chi connectivity index (χ2v) is 3.74. The highest BCUT2D eigenvalue weighted by molar-refractivity contribution is 5.83. The number of aromatic amines is 1. The van der Waals surface area contributed by atoms with Gasteiger partial charge in [-0.1, -0.05) is 13.3 Å². The predicted molar refractivity (Wildman–Crippen MR) is 58.1 cm³/mol. The summed E-state index contributed by atoms with van der Waals surface area (Å²) in [6, 6.07) is 4.56. The average Bonchev–Trinajstić information content (AvgIpc) is 2.60. The SMILES string of the molecule is CCCC(O)c1c[nH]c2ccc(F)cc12. The van der Waals surface area contributed by atoms with Gasteiger partial charge in [-0.3, -0.25) is 0 Å². The van der Waals surface area contributed by atoms with E-state index in [0.29, 0.717) is 6.42 Å². The van der Waals surface area contributed by atoms with E-state index in [1.165, 1.54) is 12.1 Å². The molecule has 1 aromatic carbocycles. The summed E-state index contributed by atoms with van der Waals surface area (Å²) in [5.74, 6) is -0.271. The minimum atomic E-state index is -0.509. The summed E-state index contributed by atoms with van der Waals surface area (Å²) in [4.78, 5) is 3.03. The Balaban J connectivity index is 2.47. The standard InChI is InChI=1S/C12H14FNO/c1-2-3-12(15)10-7-14-11-5-4-8(13)6-9(10)11/h4-7,12,14-15H,2-3H2,1H3. The van der Waals surface area contributed by atoms with Crippen LogP contribution >= 0.6 is 0 Å². The molecule has 0 aliphatic heterocycles. The molecule has 0 saturated heterocycles. The van der Waals surface area contributed by atoms with Crippen molar-refractivity contribution in [2.45, 2.75) is 25.9 Å². The summed E-state index contributed by atoms with van der Waals surface area (Å²) in [6.45, 7) is 2.01. The van der Waals surface area contributed by atoms with Crippen LogP contribution in [0.3, 0.4) is 0 Å². The van der Waals surface area contributed by atoms with Crippen LogP contribution in [0.15, 0.2) is 24.4 Å². The van der Waals surface area contributed by atoms with Crippen molar-refractivity contribution in [3.8, 4) is 0 Å². The van der Waals surface area contributed by atoms with Gasteiger partial charge in [0, 0.05) is 22.7 Å². The normalized spacial score (nSPS) is 13.3. The van der Waals surface area contributed by atoms with Crippen LogP contribution < -0.4 is 0 Å². The molecule has 1 aromatic heterocycles. The molecule has 2 rings (SSSR count). The van der Waals surface area contributed by atoms with Crippen LogP contribution in [-0.2, 0) is 0 Å². The van der Waals surface area contributed by atoms with E-state index in [-0.39, 0.29) is 5.82 Å². The molecule has 0 spiro atoms. The Morgan fingerprint density at radius 3 is 3.00 bits per heavy atom. The molecule has 0 bridgehead atoms. The fourth-order valence-corrected chi connectivity index (χ4v) is 1.82. The first kappa shape index (κ1) is 10.2. The van der Waals surface area contributed by atoms with Gasteiger partial charge in [0.15, 0.2) is 0 Å². The molecule has 80 valence electrons. The number of aliphatic hydroxyl groups excluding tert-OH is 1. The van der Waals surface area contributed by atoms with Gasteiger partial charge in [-0.2, -0.15) is 0 Å². The fourth-order valence-electron chi connectivity index (χ4n) is 1.82. The fraction of sp³-hybridized carbons (Fsp3) is 0.333. The second-order valence-electron chi connectivity index (χ2n) is 3.74. The Labute approximate surface area is 87.7 Å². The van der Waals surface area contributed by atoms with E-state index in [1.807, 2.05) is 6.92 Å². The number of benzene rings is 1. The summed E-state index contributed by atoms with van der Waals surface area (Å²) < 4.78 is 13.0. The van der Waals surface area contributed by atoms with Crippen LogP contribution in [0.25, 0.3) is 10.9 Å². The first-order chi connectivity index (χ1) is 7.22. The van der Waals surface area contributed by atoms with Gasteiger partial charge in [-0.25, -0.2) is 4.39 Å². The van der Waals surface area contributed by atoms with Gasteiger partial charge in [-0.15, -0.1) is 0 Å². The maximum atomic E-state index is 13.0. The summed E-state index contributed by atoms with van der Waals surface area (Å²) in [5.41, 5.74) is 1.65. The minimum Gasteiger partial charge on any atom is -0.388 e. The van der Waals surface area contributed by atoms with Gasteiger partial charge >= 0.3 is 0 Å². The number of hydrogen-bond donors (Lipinski definition) is 2. The highest BCUT2D eigenvalue weighted by atomic mass is 19.1. The molecule has 0 radical (unpaired) electrons. The van der Waals surface area contributed by atoms with Gasteiger partial charge < -0.3 is 10.1 Å². The first-order valence-corrected chi connectivity index (χ1v) is 5.17. The summed E-state index contributed by atoms with van der Waals surface area (Å²) >= 11 is 0. The maximum absolute atomic E-state index is 13.0. The molecule has 0 aliphatic rings. The van der Waals surface area contributed by atoms with Gasteiger partial charge in [0.25, 0.3) is 0 Å². The number of hydrogen-bond acceptors (Lipinski definition) is 1. The predicted octanol–water partition coefficient (Wildman–Crippen LogP) is 3.14. The number of H-pyrrole nitrogens is 1. The largest absolute Gasteiger partial charge is 0.388 e. The second kappa shape index (κ2) is 4.03. The number of fused-ring (bicyclic) bond motifs is 1. The van der Waals surface area contributed by atoms with Crippen LogP contribution in [-0.4, -0.2) is 10.1 Å². The zero-order valence-electron chi connectivity index (χ0n) is 8.63. The van der Waals surface area contributed by atoms with Crippen molar-refractivity contribution in [2.24, 2.45) is 0 Å². The van der Waals surface area contributed by atoms with E-state index in [1.54, 1.807) is 12.3 Å². The highest BCUT2D eigenvalue weighted by Gasteiger charge is 2.12. The molecule has 15 heavy (non-hydrogen) atoms. The lowest BCUT2D eigenvalue weighted by Crippen LogP contribution is -1.95. The van der Waals surface area contributed by atoms with E-state index >= 15 is 0 Å². The molecule has 0 amide bonds. The van der Waals surface area contributed by atoms with Gasteiger partial charge in [-0.05, 0) is 24.6 Å². The summed E-state index contributed by atoms with van der Waals surface area (Å²) in [6.07, 6.45) is 2.85. The van der Waals surface area contributed by atoms with Crippen LogP contribution in [0, 0.1) is 5.82 Å². The third kappa shape index (κ3) is 1.88. The molecule has 1 heterocycles. The first-order valence-electron chi connectivity index (χ1n) is 5.17. The Morgan fingerprint density at radius 1 is 1.47 bits per heavy atom. The van der Waals surface area contributed by atoms with Crippen molar-refractivity contribution >= 4 is 10.9 Å². The lowest BCUT2D eigenvalue weighted by atomic mass is 10.0. The molecule has 2 N–H and O–H groups in total. The van der Waals surface area contributed by atoms with Crippen molar-refractivity contribution in [3.05, 3.63) is 35.8 Å². The quantitative estimate of drug-likeness (QED) is 0.796. The molecule has 0 saturated carbocycles. The third-order valence-electron chi connectivity index (χ3n) is 2.60. The Hall–Kier alpha value is -1.35. The zero-order chi connectivity index (χ0) is 10.8. The van der Waals surface area contributed by atoms with E-state index < -0.39 is 6.10 Å². The Bertz CT molecular complexity index is 464. The van der Waals surface area contributed by atoms with Crippen molar-refractivity contribution < 1.29 is 9.50 Å². The topological polar surface area (TPSA) is 36.0 Å². The van der Waals surface area contributed by atoms with Crippen molar-refractivity contribution in [1.82, 2.24) is 4.98 Å². The number of aromatic nitrogens is 1. The molecule has 2 nitrogen and oxygen atoms in total. The van der Waals surface area contributed by atoms with Crippen LogP contribution in [0.2, 0.25) is 0 Å². The van der Waals surface area contributed by atoms with Crippen molar-refractivity contribution in [3.63, 3.8) is 0 Å². The highest BCUT2D eigenvalue weighted by Crippen LogP contribution is 2.27. The smallest absolute Gasteiger partial charge is 0.123 e. The van der Waals surface area contributed by atoms with Gasteiger partial charge in [0.2, 0.25) is 0 Å². The average molecular weight is 207 g/mol. The van der Waals surface area contributed by atoms with Gasteiger partial charge in [0.1, 0.15) is 5.82 Å². The van der Waals surface area contributed by atoms with E-state index in [9.17, 15) is 9.50 Å². The molecule has 3 heteroatoms. The van der Waals surface area contributed by atoms with Crippen molar-refractivity contribution in [1.29, 1.82) is 0 Å². The third-order valence-corrected chi connectivity index (χ3v) is 2.60. The minimum absolute atomic E-state index is 0.271. The molecular weight excluding hydrogens is 193 g/mol. The molecule has 1 atom stereocenters. The van der Waals surface area contributed by atoms with E-state index in [2.05, 4.69) is 4.98 Å². The molecule has 0 fully saturated rings. The lowest BCUT2D eigenvalue weighted by Gasteiger charge is -2.07. The molecule has 2 aromatic rings. The van der Waals surface area contributed by atoms with Crippen LogP contribution in [0.5, 0.6) is 0 Å². The van der Waals surface area contributed by atoms with Crippen LogP contribution in [0.4, 0.5) is 4.39 Å². The lowest BCUT2D eigenvalue weighted by molar-refractivity contribution is 0.168. The van der Waals surface area contributed by atoms with Crippen LogP contribution in [0.1, 0.15) is 31.4 Å². The zero-order valence-corrected chi connectivity index (χ0v) is 8.63. The molecular formula is C12H14FNO. The van der Waals surface area contributed by atoms with Gasteiger partial charge in [0.05, 0.1) is 6.10 Å². The monoisotopic (exact) mass is 207 g/mol. The number of aliphatic hydroxyl groups is 1. The van der Waals surface area contributed by atoms with Crippen molar-refractivity contribution in [2.75, 3.05) is 0 Å². The molecule has 1 unspecified atom stereocenters. The number of halogens is 1. The summed E-state index contributed by atoms with van der Waals surface area (Å²) in [7, 11) is 0. The number of rotatable bonds is 3. The maximum Gasteiger partial charge on any atom is 0.123 e. The Kier molecular flexibility index (Phi) is 2.73. The molecule has 0 aliphatic carbocycles. The number of nitrogens with one attached hydrogen (secondary N) is 1. The summed E-state index contributed by atoms with van der Waals surface area (Å²) in [5, 5.41) is 10.6. The van der Waals surface area contributed by atoms with E-state index in [4.69, 9.17) is 0 Å². The van der Waals surface area contributed by atoms with E-state index in [0.717, 1.165) is 22.9 Å².